The zero-order valence-corrected chi connectivity index (χ0v) is 18.0. The molecule has 9 heteroatoms. The summed E-state index contributed by atoms with van der Waals surface area (Å²) >= 11 is 2.78. The quantitative estimate of drug-likeness (QED) is 0.549. The van der Waals surface area contributed by atoms with E-state index in [-0.39, 0.29) is 5.56 Å². The molecule has 152 valence electrons. The Kier molecular flexibility index (Phi) is 6.44. The molecule has 1 atom stereocenters. The van der Waals surface area contributed by atoms with Gasteiger partial charge >= 0.3 is 6.03 Å². The first kappa shape index (κ1) is 20.9. The first-order chi connectivity index (χ1) is 13.3. The molecule has 3 amide bonds. The molecular formula is C19H26N4O3S2. The number of urea groups is 1. The standard InChI is InChI=1S/C19H26N4O3S2/c1-10(2)8-9-23-17(25)14-12-6-4-5-7-13(12)28-16(14)22-19(23)27-11(3)15(24)21-18(20)26/h10-11H,4-9H2,1-3H3,(H3,20,21,24,26). The molecule has 0 aromatic carbocycles. The predicted molar refractivity (Wildman–Crippen MR) is 113 cm³/mol. The Labute approximate surface area is 172 Å². The molecule has 28 heavy (non-hydrogen) atoms. The number of amides is 3. The van der Waals surface area contributed by atoms with Crippen molar-refractivity contribution in [2.45, 2.75) is 69.8 Å². The SMILES string of the molecule is CC(C)CCn1c(SC(C)C(=O)NC(N)=O)nc2sc3c(c2c1=O)CCCC3. The Bertz CT molecular complexity index is 964. The van der Waals surface area contributed by atoms with E-state index in [9.17, 15) is 14.4 Å². The molecule has 1 aliphatic rings. The van der Waals surface area contributed by atoms with Crippen molar-refractivity contribution in [3.05, 3.63) is 20.8 Å². The molecule has 0 radical (unpaired) electrons. The highest BCUT2D eigenvalue weighted by molar-refractivity contribution is 8.00. The van der Waals surface area contributed by atoms with E-state index in [1.54, 1.807) is 22.8 Å². The smallest absolute Gasteiger partial charge is 0.318 e. The normalized spacial score (nSPS) is 14.9. The van der Waals surface area contributed by atoms with Crippen LogP contribution in [0, 0.1) is 5.92 Å². The van der Waals surface area contributed by atoms with E-state index < -0.39 is 17.2 Å². The number of aromatic nitrogens is 2. The van der Waals surface area contributed by atoms with Crippen molar-refractivity contribution in [2.75, 3.05) is 0 Å². The summed E-state index contributed by atoms with van der Waals surface area (Å²) < 4.78 is 1.70. The van der Waals surface area contributed by atoms with Gasteiger partial charge < -0.3 is 5.73 Å². The maximum atomic E-state index is 13.4. The second-order valence-electron chi connectivity index (χ2n) is 7.54. The van der Waals surface area contributed by atoms with Crippen molar-refractivity contribution in [3.8, 4) is 0 Å². The van der Waals surface area contributed by atoms with Gasteiger partial charge in [0, 0.05) is 11.4 Å². The lowest BCUT2D eigenvalue weighted by Crippen LogP contribution is -2.39. The van der Waals surface area contributed by atoms with Gasteiger partial charge in [0.25, 0.3) is 5.56 Å². The number of aryl methyl sites for hydroxylation is 2. The molecular weight excluding hydrogens is 396 g/mol. The van der Waals surface area contributed by atoms with Gasteiger partial charge in [-0.1, -0.05) is 25.6 Å². The second-order valence-corrected chi connectivity index (χ2v) is 9.93. The lowest BCUT2D eigenvalue weighted by atomic mass is 9.97. The molecule has 0 saturated carbocycles. The number of thioether (sulfide) groups is 1. The summed E-state index contributed by atoms with van der Waals surface area (Å²) in [6.07, 6.45) is 5.02. The summed E-state index contributed by atoms with van der Waals surface area (Å²) in [6.45, 7) is 6.44. The monoisotopic (exact) mass is 422 g/mol. The minimum absolute atomic E-state index is 0.0185. The molecule has 2 aromatic heterocycles. The van der Waals surface area contributed by atoms with E-state index in [2.05, 4.69) is 19.2 Å². The molecule has 7 nitrogen and oxygen atoms in total. The van der Waals surface area contributed by atoms with E-state index >= 15 is 0 Å². The number of carbonyl (C=O) groups excluding carboxylic acids is 2. The summed E-state index contributed by atoms with van der Waals surface area (Å²) in [7, 11) is 0. The first-order valence-electron chi connectivity index (χ1n) is 9.60. The van der Waals surface area contributed by atoms with Crippen LogP contribution in [0.25, 0.3) is 10.2 Å². The van der Waals surface area contributed by atoms with Gasteiger partial charge in [-0.3, -0.25) is 19.5 Å². The molecule has 0 aliphatic heterocycles. The van der Waals surface area contributed by atoms with Crippen molar-refractivity contribution in [1.29, 1.82) is 0 Å². The lowest BCUT2D eigenvalue weighted by Gasteiger charge is -2.16. The van der Waals surface area contributed by atoms with Crippen LogP contribution in [0.5, 0.6) is 0 Å². The molecule has 0 fully saturated rings. The van der Waals surface area contributed by atoms with Crippen LogP contribution in [0.3, 0.4) is 0 Å². The van der Waals surface area contributed by atoms with Gasteiger partial charge in [0.05, 0.1) is 10.6 Å². The Morgan fingerprint density at radius 2 is 2.00 bits per heavy atom. The molecule has 1 unspecified atom stereocenters. The zero-order valence-electron chi connectivity index (χ0n) is 16.4. The molecule has 3 rings (SSSR count). The van der Waals surface area contributed by atoms with Crippen LogP contribution in [0.1, 0.15) is 50.5 Å². The van der Waals surface area contributed by atoms with Gasteiger partial charge in [-0.25, -0.2) is 9.78 Å². The number of nitrogens with one attached hydrogen (secondary N) is 1. The highest BCUT2D eigenvalue weighted by Gasteiger charge is 2.24. The van der Waals surface area contributed by atoms with Crippen molar-refractivity contribution >= 4 is 45.3 Å². The fourth-order valence-corrected chi connectivity index (χ4v) is 5.57. The van der Waals surface area contributed by atoms with Crippen molar-refractivity contribution < 1.29 is 9.59 Å². The Balaban J connectivity index is 2.04. The van der Waals surface area contributed by atoms with Crippen LogP contribution >= 0.6 is 23.1 Å². The lowest BCUT2D eigenvalue weighted by molar-refractivity contribution is -0.119. The number of fused-ring (bicyclic) bond motifs is 3. The van der Waals surface area contributed by atoms with Gasteiger partial charge in [0.2, 0.25) is 5.91 Å². The molecule has 0 saturated heterocycles. The van der Waals surface area contributed by atoms with Gasteiger partial charge in [-0.2, -0.15) is 0 Å². The number of nitrogens with two attached hydrogens (primary N) is 1. The summed E-state index contributed by atoms with van der Waals surface area (Å²) in [6, 6.07) is -0.885. The number of imide groups is 1. The minimum atomic E-state index is -0.885. The van der Waals surface area contributed by atoms with E-state index in [1.165, 1.54) is 16.6 Å². The van der Waals surface area contributed by atoms with Crippen LogP contribution in [0.15, 0.2) is 9.95 Å². The molecule has 2 heterocycles. The maximum absolute atomic E-state index is 13.4. The fourth-order valence-electron chi connectivity index (χ4n) is 3.33. The summed E-state index contributed by atoms with van der Waals surface area (Å²) in [5.41, 5.74) is 6.19. The van der Waals surface area contributed by atoms with Crippen LogP contribution in [-0.2, 0) is 24.2 Å². The minimum Gasteiger partial charge on any atom is -0.351 e. The third kappa shape index (κ3) is 4.41. The highest BCUT2D eigenvalue weighted by Crippen LogP contribution is 2.35. The van der Waals surface area contributed by atoms with Crippen molar-refractivity contribution in [2.24, 2.45) is 11.7 Å². The number of primary amides is 1. The van der Waals surface area contributed by atoms with Gasteiger partial charge in [0.15, 0.2) is 5.16 Å². The molecule has 0 spiro atoms. The molecule has 3 N–H and O–H groups in total. The summed E-state index contributed by atoms with van der Waals surface area (Å²) in [5, 5.41) is 2.76. The topological polar surface area (TPSA) is 107 Å². The maximum Gasteiger partial charge on any atom is 0.318 e. The van der Waals surface area contributed by atoms with Crippen LogP contribution in [-0.4, -0.2) is 26.7 Å². The summed E-state index contributed by atoms with van der Waals surface area (Å²) in [4.78, 5) is 43.2. The van der Waals surface area contributed by atoms with Gasteiger partial charge in [-0.15, -0.1) is 11.3 Å². The van der Waals surface area contributed by atoms with Crippen LogP contribution < -0.4 is 16.6 Å². The number of hydrogen-bond acceptors (Lipinski definition) is 6. The predicted octanol–water partition coefficient (Wildman–Crippen LogP) is 3.06. The van der Waals surface area contributed by atoms with Crippen LogP contribution in [0.4, 0.5) is 4.79 Å². The average molecular weight is 423 g/mol. The Hall–Kier alpha value is -1.87. The van der Waals surface area contributed by atoms with Crippen molar-refractivity contribution in [1.82, 2.24) is 14.9 Å². The number of rotatable bonds is 6. The van der Waals surface area contributed by atoms with Gasteiger partial charge in [0.1, 0.15) is 4.83 Å². The molecule has 1 aliphatic carbocycles. The van der Waals surface area contributed by atoms with Crippen LogP contribution in [0.2, 0.25) is 0 Å². The summed E-state index contributed by atoms with van der Waals surface area (Å²) in [5.74, 6) is -0.0554. The number of hydrogen-bond donors (Lipinski definition) is 2. The number of thiophene rings is 1. The van der Waals surface area contributed by atoms with E-state index in [0.717, 1.165) is 47.9 Å². The second kappa shape index (κ2) is 8.65. The fraction of sp³-hybridized carbons (Fsp3) is 0.579. The Morgan fingerprint density at radius 3 is 2.68 bits per heavy atom. The van der Waals surface area contributed by atoms with E-state index in [1.807, 2.05) is 0 Å². The first-order valence-corrected chi connectivity index (χ1v) is 11.3. The average Bonchev–Trinajstić information content (AvgIpc) is 2.98. The molecule has 2 aromatic rings. The van der Waals surface area contributed by atoms with Gasteiger partial charge in [-0.05, 0) is 50.5 Å². The Morgan fingerprint density at radius 1 is 1.29 bits per heavy atom. The van der Waals surface area contributed by atoms with E-state index in [4.69, 9.17) is 10.7 Å². The largest absolute Gasteiger partial charge is 0.351 e. The van der Waals surface area contributed by atoms with Crippen molar-refractivity contribution in [3.63, 3.8) is 0 Å². The van der Waals surface area contributed by atoms with E-state index in [0.29, 0.717) is 17.6 Å². The third-order valence-corrected chi connectivity index (χ3v) is 7.14. The molecule has 0 bridgehead atoms. The third-order valence-electron chi connectivity index (χ3n) is 4.87. The number of carbonyl (C=O) groups is 2. The zero-order chi connectivity index (χ0) is 20.4. The highest BCUT2D eigenvalue weighted by atomic mass is 32.2. The number of nitrogens with zero attached hydrogens (tertiary/aromatic N) is 2.